The van der Waals surface area contributed by atoms with Crippen molar-refractivity contribution in [3.8, 4) is 0 Å². The molecule has 1 saturated carbocycles. The maximum atomic E-state index is 5.63. The predicted molar refractivity (Wildman–Crippen MR) is 61.4 cm³/mol. The Hall–Kier alpha value is -0.380. The molecule has 1 aliphatic rings. The number of nitrogens with two attached hydrogens (primary N) is 1. The van der Waals surface area contributed by atoms with E-state index in [1.54, 1.807) is 0 Å². The molecule has 0 bridgehead atoms. The number of hydrogen-bond acceptors (Lipinski definition) is 3. The number of thiophene rings is 1. The van der Waals surface area contributed by atoms with Crippen LogP contribution in [0.1, 0.15) is 28.2 Å². The van der Waals surface area contributed by atoms with Crippen molar-refractivity contribution in [2.75, 3.05) is 7.05 Å². The lowest BCUT2D eigenvalue weighted by Gasteiger charge is -2.14. The van der Waals surface area contributed by atoms with Gasteiger partial charge in [-0.2, -0.15) is 0 Å². The van der Waals surface area contributed by atoms with Crippen molar-refractivity contribution in [3.05, 3.63) is 21.4 Å². The highest BCUT2D eigenvalue weighted by Crippen LogP contribution is 2.29. The summed E-state index contributed by atoms with van der Waals surface area (Å²) in [6.45, 7) is 3.96. The van der Waals surface area contributed by atoms with Gasteiger partial charge in [-0.1, -0.05) is 0 Å². The van der Waals surface area contributed by atoms with E-state index in [0.29, 0.717) is 6.54 Å². The van der Waals surface area contributed by atoms with E-state index in [1.807, 2.05) is 11.3 Å². The molecule has 0 amide bonds. The average molecular weight is 210 g/mol. The van der Waals surface area contributed by atoms with Gasteiger partial charge in [-0.25, -0.2) is 0 Å². The van der Waals surface area contributed by atoms with Crippen LogP contribution in [0.3, 0.4) is 0 Å². The molecule has 0 aliphatic heterocycles. The smallest absolute Gasteiger partial charge is 0.0274 e. The summed E-state index contributed by atoms with van der Waals surface area (Å²) >= 11 is 1.84. The molecule has 78 valence electrons. The van der Waals surface area contributed by atoms with Crippen molar-refractivity contribution in [3.63, 3.8) is 0 Å². The van der Waals surface area contributed by atoms with Crippen LogP contribution in [0.2, 0.25) is 0 Å². The van der Waals surface area contributed by atoms with Crippen molar-refractivity contribution in [2.45, 2.75) is 38.9 Å². The summed E-state index contributed by atoms with van der Waals surface area (Å²) in [5, 5.41) is 0. The molecule has 2 rings (SSSR count). The first-order valence-electron chi connectivity index (χ1n) is 5.19. The van der Waals surface area contributed by atoms with Crippen LogP contribution < -0.4 is 5.73 Å². The monoisotopic (exact) mass is 210 g/mol. The molecule has 0 atom stereocenters. The third kappa shape index (κ3) is 2.16. The lowest BCUT2D eigenvalue weighted by molar-refractivity contribution is 0.316. The highest BCUT2D eigenvalue weighted by Gasteiger charge is 2.26. The van der Waals surface area contributed by atoms with E-state index in [2.05, 4.69) is 24.9 Å². The molecule has 2 nitrogen and oxygen atoms in total. The van der Waals surface area contributed by atoms with Crippen LogP contribution in [0.15, 0.2) is 6.07 Å². The van der Waals surface area contributed by atoms with Gasteiger partial charge in [0, 0.05) is 28.9 Å². The molecule has 0 saturated heterocycles. The van der Waals surface area contributed by atoms with Gasteiger partial charge >= 0.3 is 0 Å². The maximum absolute atomic E-state index is 5.63. The Morgan fingerprint density at radius 1 is 1.57 bits per heavy atom. The molecule has 0 unspecified atom stereocenters. The van der Waals surface area contributed by atoms with Crippen molar-refractivity contribution >= 4 is 11.3 Å². The lowest BCUT2D eigenvalue weighted by Crippen LogP contribution is -2.19. The largest absolute Gasteiger partial charge is 0.326 e. The van der Waals surface area contributed by atoms with Crippen LogP contribution in [0.25, 0.3) is 0 Å². The topological polar surface area (TPSA) is 29.3 Å². The second-order valence-electron chi connectivity index (χ2n) is 4.14. The molecule has 1 aromatic heterocycles. The Morgan fingerprint density at radius 3 is 2.79 bits per heavy atom. The minimum atomic E-state index is 0.679. The minimum absolute atomic E-state index is 0.679. The summed E-state index contributed by atoms with van der Waals surface area (Å²) in [6, 6.07) is 3.11. The second-order valence-corrected chi connectivity index (χ2v) is 5.49. The average Bonchev–Trinajstić information content (AvgIpc) is 2.94. The second kappa shape index (κ2) is 4.01. The van der Waals surface area contributed by atoms with Gasteiger partial charge in [0.25, 0.3) is 0 Å². The number of nitrogens with zero attached hydrogens (tertiary/aromatic N) is 1. The van der Waals surface area contributed by atoms with Crippen molar-refractivity contribution < 1.29 is 0 Å². The predicted octanol–water partition coefficient (Wildman–Crippen LogP) is 2.11. The van der Waals surface area contributed by atoms with Gasteiger partial charge in [0.1, 0.15) is 0 Å². The zero-order chi connectivity index (χ0) is 10.1. The molecule has 2 N–H and O–H groups in total. The Bertz CT molecular complexity index is 315. The normalized spacial score (nSPS) is 16.6. The Morgan fingerprint density at radius 2 is 2.29 bits per heavy atom. The fraction of sp³-hybridized carbons (Fsp3) is 0.636. The maximum Gasteiger partial charge on any atom is 0.0274 e. The van der Waals surface area contributed by atoms with Gasteiger partial charge in [-0.3, -0.25) is 4.90 Å². The minimum Gasteiger partial charge on any atom is -0.326 e. The van der Waals surface area contributed by atoms with E-state index >= 15 is 0 Å². The van der Waals surface area contributed by atoms with Crippen molar-refractivity contribution in [1.29, 1.82) is 0 Å². The Labute approximate surface area is 89.7 Å². The van der Waals surface area contributed by atoms with Gasteiger partial charge in [-0.05, 0) is 38.4 Å². The van der Waals surface area contributed by atoms with Gasteiger partial charge < -0.3 is 5.73 Å². The summed E-state index contributed by atoms with van der Waals surface area (Å²) in [7, 11) is 2.22. The number of aryl methyl sites for hydroxylation is 1. The molecule has 1 heterocycles. The summed E-state index contributed by atoms with van der Waals surface area (Å²) in [4.78, 5) is 5.19. The quantitative estimate of drug-likeness (QED) is 0.824. The SMILES string of the molecule is Cc1sc(CN)cc1CN(C)C1CC1. The molecule has 14 heavy (non-hydrogen) atoms. The fourth-order valence-corrected chi connectivity index (χ4v) is 2.69. The van der Waals surface area contributed by atoms with Crippen LogP contribution in [0.4, 0.5) is 0 Å². The molecule has 1 fully saturated rings. The van der Waals surface area contributed by atoms with Crippen LogP contribution in [-0.4, -0.2) is 18.0 Å². The number of rotatable bonds is 4. The molecule has 0 spiro atoms. The molecular formula is C11H18N2S. The molecular weight excluding hydrogens is 192 g/mol. The van der Waals surface area contributed by atoms with Gasteiger partial charge in [0.2, 0.25) is 0 Å². The first-order chi connectivity index (χ1) is 6.70. The van der Waals surface area contributed by atoms with Crippen LogP contribution in [0.5, 0.6) is 0 Å². The highest BCUT2D eigenvalue weighted by molar-refractivity contribution is 7.12. The summed E-state index contributed by atoms with van der Waals surface area (Å²) in [5.41, 5.74) is 7.09. The van der Waals surface area contributed by atoms with E-state index in [-0.39, 0.29) is 0 Å². The van der Waals surface area contributed by atoms with Crippen molar-refractivity contribution in [1.82, 2.24) is 4.90 Å². The van der Waals surface area contributed by atoms with Crippen molar-refractivity contribution in [2.24, 2.45) is 5.73 Å². The van der Waals surface area contributed by atoms with E-state index in [4.69, 9.17) is 5.73 Å². The highest BCUT2D eigenvalue weighted by atomic mass is 32.1. The fourth-order valence-electron chi connectivity index (χ4n) is 1.76. The first-order valence-corrected chi connectivity index (χ1v) is 6.01. The van der Waals surface area contributed by atoms with Crippen LogP contribution in [0, 0.1) is 6.92 Å². The molecule has 0 radical (unpaired) electrons. The van der Waals surface area contributed by atoms with E-state index < -0.39 is 0 Å². The third-order valence-corrected chi connectivity index (χ3v) is 3.98. The zero-order valence-electron chi connectivity index (χ0n) is 8.92. The Kier molecular flexibility index (Phi) is 2.91. The molecule has 1 aromatic rings. The standard InChI is InChI=1S/C11H18N2S/c1-8-9(5-11(6-12)14-8)7-13(2)10-3-4-10/h5,10H,3-4,6-7,12H2,1-2H3. The molecule has 3 heteroatoms. The number of hydrogen-bond donors (Lipinski definition) is 1. The van der Waals surface area contributed by atoms with Crippen LogP contribution >= 0.6 is 11.3 Å². The van der Waals surface area contributed by atoms with Gasteiger partial charge in [0.05, 0.1) is 0 Å². The molecule has 0 aromatic carbocycles. The zero-order valence-corrected chi connectivity index (χ0v) is 9.73. The Balaban J connectivity index is 2.03. The van der Waals surface area contributed by atoms with Gasteiger partial charge in [-0.15, -0.1) is 11.3 Å². The third-order valence-electron chi connectivity index (χ3n) is 2.86. The summed E-state index contributed by atoms with van der Waals surface area (Å²) in [6.07, 6.45) is 2.76. The van der Waals surface area contributed by atoms with E-state index in [0.717, 1.165) is 12.6 Å². The molecule has 1 aliphatic carbocycles. The first kappa shape index (κ1) is 10.1. The summed E-state index contributed by atoms with van der Waals surface area (Å²) < 4.78 is 0. The lowest BCUT2D eigenvalue weighted by atomic mass is 10.2. The van der Waals surface area contributed by atoms with Gasteiger partial charge in [0.15, 0.2) is 0 Å². The van der Waals surface area contributed by atoms with Crippen LogP contribution in [-0.2, 0) is 13.1 Å². The van der Waals surface area contributed by atoms with E-state index in [1.165, 1.54) is 28.2 Å². The van der Waals surface area contributed by atoms with E-state index in [9.17, 15) is 0 Å². The summed E-state index contributed by atoms with van der Waals surface area (Å²) in [5.74, 6) is 0.